The molecular weight excluding hydrogens is 220 g/mol. The number of esters is 1. The predicted octanol–water partition coefficient (Wildman–Crippen LogP) is -0.613. The summed E-state index contributed by atoms with van der Waals surface area (Å²) in [5.74, 6) is 0.264. The van der Waals surface area contributed by atoms with Gasteiger partial charge in [-0.1, -0.05) is 0 Å². The fourth-order valence-corrected chi connectivity index (χ4v) is 1.77. The molecule has 2 unspecified atom stereocenters. The third-order valence-electron chi connectivity index (χ3n) is 1.54. The largest absolute Gasteiger partial charge is 0.466 e. The monoisotopic (exact) mass is 238 g/mol. The number of thioether (sulfide) groups is 1. The van der Waals surface area contributed by atoms with Crippen molar-refractivity contribution in [1.29, 1.82) is 0 Å². The molecule has 0 radical (unpaired) electrons. The van der Waals surface area contributed by atoms with Crippen molar-refractivity contribution in [3.8, 4) is 0 Å². The Morgan fingerprint density at radius 3 is 2.47 bits per heavy atom. The first kappa shape index (κ1) is 14.7. The summed E-state index contributed by atoms with van der Waals surface area (Å²) in [6, 6.07) is 0. The molecule has 6 heteroatoms. The van der Waals surface area contributed by atoms with Crippen LogP contribution in [0.5, 0.6) is 0 Å². The highest BCUT2D eigenvalue weighted by atomic mass is 32.2. The number of aliphatic hydroxyl groups excluding tert-OH is 3. The van der Waals surface area contributed by atoms with Crippen LogP contribution >= 0.6 is 11.8 Å². The Kier molecular flexibility index (Phi) is 8.79. The molecule has 90 valence electrons. The second-order valence-corrected chi connectivity index (χ2v) is 4.11. The first-order valence-electron chi connectivity index (χ1n) is 4.80. The Bertz CT molecular complexity index is 176. The van der Waals surface area contributed by atoms with Crippen molar-refractivity contribution in [3.63, 3.8) is 0 Å². The second-order valence-electron chi connectivity index (χ2n) is 3.04. The maximum Gasteiger partial charge on any atom is 0.308 e. The Labute approximate surface area is 93.4 Å². The minimum Gasteiger partial charge on any atom is -0.466 e. The fourth-order valence-electron chi connectivity index (χ4n) is 0.864. The molecule has 0 rings (SSSR count). The zero-order chi connectivity index (χ0) is 11.7. The number of hydrogen-bond acceptors (Lipinski definition) is 6. The highest BCUT2D eigenvalue weighted by Crippen LogP contribution is 2.08. The average Bonchev–Trinajstić information content (AvgIpc) is 2.17. The zero-order valence-corrected chi connectivity index (χ0v) is 9.57. The van der Waals surface area contributed by atoms with Crippen molar-refractivity contribution in [2.45, 2.75) is 25.6 Å². The third kappa shape index (κ3) is 8.68. The summed E-state index contributed by atoms with van der Waals surface area (Å²) in [4.78, 5) is 10.9. The molecule has 0 aromatic rings. The van der Waals surface area contributed by atoms with E-state index in [1.165, 1.54) is 11.8 Å². The van der Waals surface area contributed by atoms with Crippen LogP contribution in [0.2, 0.25) is 0 Å². The van der Waals surface area contributed by atoms with Crippen LogP contribution in [0.3, 0.4) is 0 Å². The van der Waals surface area contributed by atoms with Gasteiger partial charge in [-0.05, 0) is 6.92 Å². The summed E-state index contributed by atoms with van der Waals surface area (Å²) < 4.78 is 4.66. The van der Waals surface area contributed by atoms with Gasteiger partial charge in [0.05, 0.1) is 31.8 Å². The van der Waals surface area contributed by atoms with Crippen molar-refractivity contribution >= 4 is 17.7 Å². The SMILES string of the molecule is CCOC(=O)CC(O)CSCC(O)CO. The molecule has 0 aromatic carbocycles. The van der Waals surface area contributed by atoms with Gasteiger partial charge < -0.3 is 20.1 Å². The maximum atomic E-state index is 10.9. The number of ether oxygens (including phenoxy) is 1. The Morgan fingerprint density at radius 1 is 1.33 bits per heavy atom. The van der Waals surface area contributed by atoms with Gasteiger partial charge in [0.15, 0.2) is 0 Å². The summed E-state index contributed by atoms with van der Waals surface area (Å²) in [6.45, 7) is 1.72. The van der Waals surface area contributed by atoms with Crippen molar-refractivity contribution in [3.05, 3.63) is 0 Å². The van der Waals surface area contributed by atoms with E-state index >= 15 is 0 Å². The number of carbonyl (C=O) groups is 1. The first-order valence-corrected chi connectivity index (χ1v) is 5.96. The number of carbonyl (C=O) groups excluding carboxylic acids is 1. The van der Waals surface area contributed by atoms with E-state index in [1.807, 2.05) is 0 Å². The molecule has 0 saturated heterocycles. The lowest BCUT2D eigenvalue weighted by Gasteiger charge is -2.11. The van der Waals surface area contributed by atoms with Crippen molar-refractivity contribution < 1.29 is 24.9 Å². The molecule has 0 saturated carbocycles. The molecule has 0 aliphatic carbocycles. The molecule has 0 fully saturated rings. The van der Waals surface area contributed by atoms with E-state index in [0.717, 1.165) is 0 Å². The Balaban J connectivity index is 3.48. The molecule has 0 aliphatic rings. The van der Waals surface area contributed by atoms with E-state index in [4.69, 9.17) is 10.2 Å². The van der Waals surface area contributed by atoms with Crippen LogP contribution in [0.4, 0.5) is 0 Å². The molecule has 0 bridgehead atoms. The normalized spacial score (nSPS) is 14.7. The standard InChI is InChI=1S/C9H18O5S/c1-2-14-9(13)3-7(11)5-15-6-8(12)4-10/h7-8,10-12H,2-6H2,1H3. The summed E-state index contributed by atoms with van der Waals surface area (Å²) in [5.41, 5.74) is 0. The van der Waals surface area contributed by atoms with Gasteiger partial charge in [-0.25, -0.2) is 0 Å². The van der Waals surface area contributed by atoms with E-state index in [1.54, 1.807) is 6.92 Å². The van der Waals surface area contributed by atoms with Crippen LogP contribution in [0.15, 0.2) is 0 Å². The van der Waals surface area contributed by atoms with E-state index in [0.29, 0.717) is 18.1 Å². The number of rotatable bonds is 8. The molecular formula is C9H18O5S. The number of hydrogen-bond donors (Lipinski definition) is 3. The van der Waals surface area contributed by atoms with Crippen LogP contribution in [0.1, 0.15) is 13.3 Å². The van der Waals surface area contributed by atoms with Gasteiger partial charge >= 0.3 is 5.97 Å². The average molecular weight is 238 g/mol. The van der Waals surface area contributed by atoms with Gasteiger partial charge in [0.25, 0.3) is 0 Å². The smallest absolute Gasteiger partial charge is 0.308 e. The van der Waals surface area contributed by atoms with E-state index in [9.17, 15) is 9.90 Å². The molecule has 15 heavy (non-hydrogen) atoms. The minimum absolute atomic E-state index is 0.0317. The van der Waals surface area contributed by atoms with Crippen molar-refractivity contribution in [2.24, 2.45) is 0 Å². The van der Waals surface area contributed by atoms with Crippen LogP contribution in [-0.2, 0) is 9.53 Å². The Hall–Kier alpha value is -0.300. The highest BCUT2D eigenvalue weighted by molar-refractivity contribution is 7.99. The van der Waals surface area contributed by atoms with Gasteiger partial charge in [0, 0.05) is 11.5 Å². The van der Waals surface area contributed by atoms with Crippen molar-refractivity contribution in [2.75, 3.05) is 24.7 Å². The van der Waals surface area contributed by atoms with Crippen LogP contribution < -0.4 is 0 Å². The highest BCUT2D eigenvalue weighted by Gasteiger charge is 2.12. The van der Waals surface area contributed by atoms with Crippen molar-refractivity contribution in [1.82, 2.24) is 0 Å². The zero-order valence-electron chi connectivity index (χ0n) is 8.76. The van der Waals surface area contributed by atoms with Gasteiger partial charge in [0.1, 0.15) is 0 Å². The van der Waals surface area contributed by atoms with Crippen LogP contribution in [0.25, 0.3) is 0 Å². The topological polar surface area (TPSA) is 87.0 Å². The fraction of sp³-hybridized carbons (Fsp3) is 0.889. The maximum absolute atomic E-state index is 10.9. The second kappa shape index (κ2) is 8.96. The Morgan fingerprint density at radius 2 is 1.93 bits per heavy atom. The van der Waals surface area contributed by atoms with Gasteiger partial charge in [-0.3, -0.25) is 4.79 Å². The summed E-state index contributed by atoms with van der Waals surface area (Å²) in [7, 11) is 0. The summed E-state index contributed by atoms with van der Waals surface area (Å²) in [5, 5.41) is 26.9. The molecule has 0 spiro atoms. The van der Waals surface area contributed by atoms with Gasteiger partial charge in [-0.15, -0.1) is 0 Å². The van der Waals surface area contributed by atoms with Crippen LogP contribution in [0, 0.1) is 0 Å². The van der Waals surface area contributed by atoms with Gasteiger partial charge in [0.2, 0.25) is 0 Å². The molecule has 2 atom stereocenters. The van der Waals surface area contributed by atoms with E-state index < -0.39 is 18.2 Å². The molecule has 0 amide bonds. The first-order chi connectivity index (χ1) is 7.10. The molecule has 5 nitrogen and oxygen atoms in total. The summed E-state index contributed by atoms with van der Waals surface area (Å²) in [6.07, 6.45) is -1.57. The minimum atomic E-state index is -0.773. The molecule has 0 aromatic heterocycles. The third-order valence-corrected chi connectivity index (χ3v) is 2.78. The molecule has 0 heterocycles. The lowest BCUT2D eigenvalue weighted by Crippen LogP contribution is -2.20. The van der Waals surface area contributed by atoms with E-state index in [2.05, 4.69) is 4.74 Å². The molecule has 3 N–H and O–H groups in total. The molecule has 0 aliphatic heterocycles. The quantitative estimate of drug-likeness (QED) is 0.489. The van der Waals surface area contributed by atoms with Gasteiger partial charge in [-0.2, -0.15) is 11.8 Å². The lowest BCUT2D eigenvalue weighted by atomic mass is 10.3. The van der Waals surface area contributed by atoms with E-state index in [-0.39, 0.29) is 13.0 Å². The summed E-state index contributed by atoms with van der Waals surface area (Å²) >= 11 is 1.29. The lowest BCUT2D eigenvalue weighted by molar-refractivity contribution is -0.144. The predicted molar refractivity (Wildman–Crippen MR) is 57.7 cm³/mol. The van der Waals surface area contributed by atoms with Crippen LogP contribution in [-0.4, -0.2) is 58.2 Å². The number of aliphatic hydroxyl groups is 3.